The van der Waals surface area contributed by atoms with Crippen molar-refractivity contribution in [3.8, 4) is 0 Å². The Bertz CT molecular complexity index is 1240. The Hall–Kier alpha value is -2.32. The Labute approximate surface area is 281 Å². The van der Waals surface area contributed by atoms with Crippen molar-refractivity contribution in [1.82, 2.24) is 19.6 Å². The molecule has 1 fully saturated rings. The molecule has 0 bridgehead atoms. The lowest BCUT2D eigenvalue weighted by molar-refractivity contribution is 0.148. The maximum absolute atomic E-state index is 3.61. The summed E-state index contributed by atoms with van der Waals surface area (Å²) in [7, 11) is 0. The van der Waals surface area contributed by atoms with Crippen LogP contribution in [0.5, 0.6) is 0 Å². The predicted molar refractivity (Wildman–Crippen MR) is 192 cm³/mol. The number of hydrogen-bond donors (Lipinski definition) is 0. The summed E-state index contributed by atoms with van der Waals surface area (Å²) < 4.78 is 2.28. The van der Waals surface area contributed by atoms with E-state index in [9.17, 15) is 0 Å². The molecule has 0 saturated carbocycles. The molecule has 232 valence electrons. The molecule has 1 aliphatic heterocycles. The number of rotatable bonds is 8. The molecule has 0 atom stereocenters. The second kappa shape index (κ2) is 18.0. The predicted octanol–water partition coefficient (Wildman–Crippen LogP) is 8.31. The summed E-state index contributed by atoms with van der Waals surface area (Å²) in [5.41, 5.74) is 5.56. The molecule has 0 aromatic heterocycles. The fourth-order valence-corrected chi connectivity index (χ4v) is 6.59. The van der Waals surface area contributed by atoms with Gasteiger partial charge >= 0.3 is 0 Å². The number of nitrogens with zero attached hydrogens (tertiary/aromatic N) is 4. The highest BCUT2D eigenvalue weighted by molar-refractivity contribution is 9.10. The van der Waals surface area contributed by atoms with Crippen LogP contribution in [0.1, 0.15) is 35.1 Å². The van der Waals surface area contributed by atoms with E-state index in [1.54, 1.807) is 0 Å². The minimum atomic E-state index is 0.992. The van der Waals surface area contributed by atoms with E-state index < -0.39 is 0 Å². The van der Waals surface area contributed by atoms with Crippen LogP contribution in [-0.4, -0.2) is 72.0 Å². The van der Waals surface area contributed by atoms with Crippen LogP contribution in [0.3, 0.4) is 0 Å². The van der Waals surface area contributed by atoms with Gasteiger partial charge in [-0.1, -0.05) is 117 Å². The first-order valence-electron chi connectivity index (χ1n) is 16.1. The zero-order valence-electron chi connectivity index (χ0n) is 25.8. The van der Waals surface area contributed by atoms with Crippen molar-refractivity contribution in [2.45, 2.75) is 39.0 Å². The second-order valence-corrected chi connectivity index (χ2v) is 13.9. The summed E-state index contributed by atoms with van der Waals surface area (Å²) in [6.45, 7) is 12.7. The van der Waals surface area contributed by atoms with Crippen molar-refractivity contribution in [2.24, 2.45) is 0 Å². The molecule has 1 aliphatic rings. The average Bonchev–Trinajstić information content (AvgIpc) is 3.04. The van der Waals surface area contributed by atoms with Crippen LogP contribution in [-0.2, 0) is 26.2 Å². The third kappa shape index (κ3) is 11.6. The molecule has 0 radical (unpaired) electrons. The Morgan fingerprint density at radius 2 is 0.614 bits per heavy atom. The SMILES string of the molecule is Brc1ccc(CN2CCCN(Cc3ccccc3)CCN(Cc3ccc(Br)cc3)CCCN(Cc3ccccc3)CC2)cc1. The molecule has 4 nitrogen and oxygen atoms in total. The van der Waals surface area contributed by atoms with Crippen LogP contribution in [0, 0.1) is 0 Å². The number of halogens is 2. The standard InChI is InChI=1S/C38H46Br2N4/c39-37-17-13-35(14-18-37)31-43-24-8-22-42(30-34-11-5-2-6-12-34)26-28-44(32-36-15-19-38(40)20-16-36)23-7-21-41(25-27-43)29-33-9-3-1-4-10-33/h1-6,9-20H,7-8,21-32H2. The number of benzene rings is 4. The first-order valence-corrected chi connectivity index (χ1v) is 17.6. The largest absolute Gasteiger partial charge is 0.298 e. The zero-order valence-corrected chi connectivity index (χ0v) is 29.0. The van der Waals surface area contributed by atoms with Gasteiger partial charge in [0.15, 0.2) is 0 Å². The van der Waals surface area contributed by atoms with Crippen LogP contribution in [0.15, 0.2) is 118 Å². The Morgan fingerprint density at radius 3 is 0.909 bits per heavy atom. The molecule has 0 aliphatic carbocycles. The summed E-state index contributed by atoms with van der Waals surface area (Å²) in [6, 6.07) is 39.7. The van der Waals surface area contributed by atoms with E-state index in [0.717, 1.165) is 100 Å². The average molecular weight is 719 g/mol. The van der Waals surface area contributed by atoms with Crippen molar-refractivity contribution >= 4 is 31.9 Å². The molecular formula is C38H46Br2N4. The normalized spacial score (nSPS) is 17.3. The van der Waals surface area contributed by atoms with Gasteiger partial charge in [0.2, 0.25) is 0 Å². The van der Waals surface area contributed by atoms with Gasteiger partial charge in [-0.25, -0.2) is 0 Å². The van der Waals surface area contributed by atoms with Gasteiger partial charge in [-0.3, -0.25) is 19.6 Å². The van der Waals surface area contributed by atoms with Gasteiger partial charge in [-0.15, -0.1) is 0 Å². The molecular weight excluding hydrogens is 672 g/mol. The van der Waals surface area contributed by atoms with Crippen LogP contribution in [0.2, 0.25) is 0 Å². The summed E-state index contributed by atoms with van der Waals surface area (Å²) >= 11 is 7.22. The maximum atomic E-state index is 3.61. The van der Waals surface area contributed by atoms with Gasteiger partial charge in [0.1, 0.15) is 0 Å². The number of hydrogen-bond acceptors (Lipinski definition) is 4. The monoisotopic (exact) mass is 716 g/mol. The smallest absolute Gasteiger partial charge is 0.0234 e. The first-order chi connectivity index (χ1) is 21.6. The van der Waals surface area contributed by atoms with Crippen molar-refractivity contribution < 1.29 is 0 Å². The lowest BCUT2D eigenvalue weighted by atomic mass is 10.1. The molecule has 1 saturated heterocycles. The summed E-state index contributed by atoms with van der Waals surface area (Å²) in [5, 5.41) is 0. The fourth-order valence-electron chi connectivity index (χ4n) is 6.06. The minimum Gasteiger partial charge on any atom is -0.298 e. The highest BCUT2D eigenvalue weighted by Crippen LogP contribution is 2.16. The van der Waals surface area contributed by atoms with Crippen LogP contribution >= 0.6 is 31.9 Å². The van der Waals surface area contributed by atoms with Crippen LogP contribution in [0.4, 0.5) is 0 Å². The summed E-state index contributed by atoms with van der Waals surface area (Å²) in [6.07, 6.45) is 2.32. The molecule has 0 amide bonds. The molecule has 5 rings (SSSR count). The van der Waals surface area contributed by atoms with Gasteiger partial charge in [0, 0.05) is 61.3 Å². The Balaban J connectivity index is 1.32. The maximum Gasteiger partial charge on any atom is 0.0234 e. The van der Waals surface area contributed by atoms with Crippen molar-refractivity contribution in [2.75, 3.05) is 52.4 Å². The van der Waals surface area contributed by atoms with Gasteiger partial charge < -0.3 is 0 Å². The topological polar surface area (TPSA) is 13.0 Å². The minimum absolute atomic E-state index is 0.992. The molecule has 0 spiro atoms. The molecule has 4 aromatic carbocycles. The molecule has 1 heterocycles. The third-order valence-corrected chi connectivity index (χ3v) is 9.56. The van der Waals surface area contributed by atoms with E-state index in [1.807, 2.05) is 0 Å². The summed E-state index contributed by atoms with van der Waals surface area (Å²) in [4.78, 5) is 10.7. The quantitative estimate of drug-likeness (QED) is 0.182. The fraction of sp³-hybridized carbons (Fsp3) is 0.368. The first kappa shape index (κ1) is 33.1. The van der Waals surface area contributed by atoms with E-state index >= 15 is 0 Å². The zero-order chi connectivity index (χ0) is 30.4. The van der Waals surface area contributed by atoms with E-state index in [2.05, 4.69) is 161 Å². The Kier molecular flexibility index (Phi) is 13.5. The van der Waals surface area contributed by atoms with E-state index in [0.29, 0.717) is 0 Å². The molecule has 44 heavy (non-hydrogen) atoms. The molecule has 0 unspecified atom stereocenters. The van der Waals surface area contributed by atoms with Gasteiger partial charge in [0.05, 0.1) is 0 Å². The van der Waals surface area contributed by atoms with Gasteiger partial charge in [-0.2, -0.15) is 0 Å². The molecule has 6 heteroatoms. The summed E-state index contributed by atoms with van der Waals surface area (Å²) in [5.74, 6) is 0. The van der Waals surface area contributed by atoms with E-state index in [4.69, 9.17) is 0 Å². The Morgan fingerprint density at radius 1 is 0.341 bits per heavy atom. The van der Waals surface area contributed by atoms with E-state index in [1.165, 1.54) is 22.3 Å². The van der Waals surface area contributed by atoms with Crippen LogP contribution < -0.4 is 0 Å². The van der Waals surface area contributed by atoms with Crippen molar-refractivity contribution in [3.63, 3.8) is 0 Å². The molecule has 4 aromatic rings. The highest BCUT2D eigenvalue weighted by Gasteiger charge is 2.16. The lowest BCUT2D eigenvalue weighted by Crippen LogP contribution is -2.40. The van der Waals surface area contributed by atoms with Gasteiger partial charge in [0.25, 0.3) is 0 Å². The highest BCUT2D eigenvalue weighted by atomic mass is 79.9. The van der Waals surface area contributed by atoms with Crippen molar-refractivity contribution in [3.05, 3.63) is 140 Å². The lowest BCUT2D eigenvalue weighted by Gasteiger charge is -2.32. The van der Waals surface area contributed by atoms with Crippen molar-refractivity contribution in [1.29, 1.82) is 0 Å². The van der Waals surface area contributed by atoms with Gasteiger partial charge in [-0.05, 0) is 85.5 Å². The second-order valence-electron chi connectivity index (χ2n) is 12.0. The molecule has 0 N–H and O–H groups in total. The van der Waals surface area contributed by atoms with Crippen LogP contribution in [0.25, 0.3) is 0 Å². The van der Waals surface area contributed by atoms with E-state index in [-0.39, 0.29) is 0 Å². The third-order valence-electron chi connectivity index (χ3n) is 8.50.